The highest BCUT2D eigenvalue weighted by Gasteiger charge is 2.09. The second kappa shape index (κ2) is 5.10. The smallest absolute Gasteiger partial charge is 0.149 e. The van der Waals surface area contributed by atoms with Gasteiger partial charge in [0.15, 0.2) is 0 Å². The van der Waals surface area contributed by atoms with E-state index in [-0.39, 0.29) is 11.7 Å². The zero-order valence-electron chi connectivity index (χ0n) is 9.81. The lowest BCUT2D eigenvalue weighted by Gasteiger charge is -2.12. The van der Waals surface area contributed by atoms with Crippen LogP contribution in [0.25, 0.3) is 5.69 Å². The van der Waals surface area contributed by atoms with Crippen molar-refractivity contribution in [3.05, 3.63) is 48.0 Å². The van der Waals surface area contributed by atoms with E-state index in [0.29, 0.717) is 12.2 Å². The maximum atomic E-state index is 13.9. The number of aromatic nitrogens is 2. The summed E-state index contributed by atoms with van der Waals surface area (Å²) >= 11 is 0. The molecule has 0 amide bonds. The number of rotatable bonds is 4. The Hall–Kier alpha value is -1.68. The minimum atomic E-state index is -0.255. The van der Waals surface area contributed by atoms with Crippen LogP contribution in [0.5, 0.6) is 0 Å². The highest BCUT2D eigenvalue weighted by Crippen LogP contribution is 2.22. The van der Waals surface area contributed by atoms with Crippen molar-refractivity contribution >= 4 is 0 Å². The molecule has 0 fully saturated rings. The minimum absolute atomic E-state index is 0.255. The average Bonchev–Trinajstić information content (AvgIpc) is 2.82. The van der Waals surface area contributed by atoms with E-state index in [1.165, 1.54) is 4.68 Å². The molecular formula is C13H16FN3. The first-order chi connectivity index (χ1) is 8.22. The zero-order chi connectivity index (χ0) is 12.3. The topological polar surface area (TPSA) is 43.8 Å². The van der Waals surface area contributed by atoms with Gasteiger partial charge in [0.1, 0.15) is 11.5 Å². The normalized spacial score (nSPS) is 12.6. The molecule has 0 spiro atoms. The molecule has 1 heterocycles. The summed E-state index contributed by atoms with van der Waals surface area (Å²) in [6.45, 7) is 2.67. The molecule has 4 heteroatoms. The SMILES string of the molecule is CC(CCN)c1ccc(-n2cccn2)c(F)c1. The Bertz CT molecular complexity index is 479. The number of hydrogen-bond donors (Lipinski definition) is 1. The molecule has 1 unspecified atom stereocenters. The van der Waals surface area contributed by atoms with Crippen LogP contribution in [-0.2, 0) is 0 Å². The van der Waals surface area contributed by atoms with Crippen LogP contribution in [0.15, 0.2) is 36.7 Å². The van der Waals surface area contributed by atoms with Crippen LogP contribution in [-0.4, -0.2) is 16.3 Å². The lowest BCUT2D eigenvalue weighted by molar-refractivity contribution is 0.601. The highest BCUT2D eigenvalue weighted by molar-refractivity contribution is 5.36. The Kier molecular flexibility index (Phi) is 3.54. The molecule has 2 aromatic rings. The Morgan fingerprint density at radius 1 is 1.47 bits per heavy atom. The molecule has 0 aliphatic carbocycles. The second-order valence-electron chi connectivity index (χ2n) is 4.14. The van der Waals surface area contributed by atoms with Crippen molar-refractivity contribution in [1.82, 2.24) is 9.78 Å². The monoisotopic (exact) mass is 233 g/mol. The summed E-state index contributed by atoms with van der Waals surface area (Å²) in [6, 6.07) is 7.02. The lowest BCUT2D eigenvalue weighted by Crippen LogP contribution is -2.06. The summed E-state index contributed by atoms with van der Waals surface area (Å²) in [5.41, 5.74) is 6.95. The fourth-order valence-electron chi connectivity index (χ4n) is 1.84. The van der Waals surface area contributed by atoms with Crippen LogP contribution < -0.4 is 5.73 Å². The predicted octanol–water partition coefficient (Wildman–Crippen LogP) is 2.46. The minimum Gasteiger partial charge on any atom is -0.330 e. The van der Waals surface area contributed by atoms with E-state index in [1.807, 2.05) is 6.07 Å². The molecule has 0 radical (unpaired) electrons. The van der Waals surface area contributed by atoms with Crippen LogP contribution in [0, 0.1) is 5.82 Å². The van der Waals surface area contributed by atoms with Gasteiger partial charge in [-0.05, 0) is 42.6 Å². The molecule has 1 aromatic carbocycles. The maximum Gasteiger partial charge on any atom is 0.149 e. The first-order valence-corrected chi connectivity index (χ1v) is 5.72. The van der Waals surface area contributed by atoms with Crippen molar-refractivity contribution in [2.24, 2.45) is 5.73 Å². The largest absolute Gasteiger partial charge is 0.330 e. The van der Waals surface area contributed by atoms with E-state index in [4.69, 9.17) is 5.73 Å². The average molecular weight is 233 g/mol. The van der Waals surface area contributed by atoms with Gasteiger partial charge in [0.05, 0.1) is 0 Å². The molecule has 1 atom stereocenters. The lowest BCUT2D eigenvalue weighted by atomic mass is 9.97. The number of nitrogens with two attached hydrogens (primary N) is 1. The molecule has 0 bridgehead atoms. The molecule has 2 N–H and O–H groups in total. The molecule has 2 rings (SSSR count). The number of halogens is 1. The van der Waals surface area contributed by atoms with E-state index in [9.17, 15) is 4.39 Å². The van der Waals surface area contributed by atoms with E-state index in [2.05, 4.69) is 12.0 Å². The third-order valence-corrected chi connectivity index (χ3v) is 2.89. The van der Waals surface area contributed by atoms with Crippen LogP contribution in [0.2, 0.25) is 0 Å². The van der Waals surface area contributed by atoms with Gasteiger partial charge in [-0.1, -0.05) is 13.0 Å². The van der Waals surface area contributed by atoms with Crippen molar-refractivity contribution in [2.75, 3.05) is 6.54 Å². The van der Waals surface area contributed by atoms with E-state index < -0.39 is 0 Å². The van der Waals surface area contributed by atoms with Gasteiger partial charge in [0, 0.05) is 12.4 Å². The molecule has 3 nitrogen and oxygen atoms in total. The molecule has 0 saturated heterocycles. The first kappa shape index (κ1) is 11.8. The predicted molar refractivity (Wildman–Crippen MR) is 65.6 cm³/mol. The van der Waals surface area contributed by atoms with Gasteiger partial charge in [-0.15, -0.1) is 0 Å². The van der Waals surface area contributed by atoms with Crippen LogP contribution in [0.3, 0.4) is 0 Å². The van der Waals surface area contributed by atoms with Crippen molar-refractivity contribution in [1.29, 1.82) is 0 Å². The van der Waals surface area contributed by atoms with Crippen molar-refractivity contribution in [3.8, 4) is 5.69 Å². The van der Waals surface area contributed by atoms with Crippen LogP contribution in [0.1, 0.15) is 24.8 Å². The maximum absolute atomic E-state index is 13.9. The Labute approximate surface area is 100 Å². The van der Waals surface area contributed by atoms with Gasteiger partial charge < -0.3 is 5.73 Å². The summed E-state index contributed by atoms with van der Waals surface area (Å²) in [4.78, 5) is 0. The van der Waals surface area contributed by atoms with Crippen molar-refractivity contribution < 1.29 is 4.39 Å². The molecule has 0 saturated carbocycles. The Morgan fingerprint density at radius 3 is 2.88 bits per heavy atom. The zero-order valence-corrected chi connectivity index (χ0v) is 9.81. The quantitative estimate of drug-likeness (QED) is 0.881. The number of benzene rings is 1. The molecule has 1 aromatic heterocycles. The summed E-state index contributed by atoms with van der Waals surface area (Å²) < 4.78 is 15.4. The number of nitrogens with zero attached hydrogens (tertiary/aromatic N) is 2. The second-order valence-corrected chi connectivity index (χ2v) is 4.14. The third-order valence-electron chi connectivity index (χ3n) is 2.89. The summed E-state index contributed by atoms with van der Waals surface area (Å²) in [7, 11) is 0. The van der Waals surface area contributed by atoms with Crippen molar-refractivity contribution in [3.63, 3.8) is 0 Å². The van der Waals surface area contributed by atoms with Crippen LogP contribution in [0.4, 0.5) is 4.39 Å². The molecule has 90 valence electrons. The van der Waals surface area contributed by atoms with Gasteiger partial charge in [0.2, 0.25) is 0 Å². The van der Waals surface area contributed by atoms with E-state index in [1.54, 1.807) is 30.6 Å². The number of hydrogen-bond acceptors (Lipinski definition) is 2. The van der Waals surface area contributed by atoms with E-state index in [0.717, 1.165) is 12.0 Å². The molecule has 0 aliphatic heterocycles. The third kappa shape index (κ3) is 2.53. The summed E-state index contributed by atoms with van der Waals surface area (Å²) in [6.07, 6.45) is 4.21. The summed E-state index contributed by atoms with van der Waals surface area (Å²) in [5, 5.41) is 4.01. The van der Waals surface area contributed by atoms with E-state index >= 15 is 0 Å². The Balaban J connectivity index is 2.29. The van der Waals surface area contributed by atoms with Gasteiger partial charge >= 0.3 is 0 Å². The van der Waals surface area contributed by atoms with Gasteiger partial charge in [-0.25, -0.2) is 9.07 Å². The van der Waals surface area contributed by atoms with Gasteiger partial charge in [-0.3, -0.25) is 0 Å². The van der Waals surface area contributed by atoms with Crippen LogP contribution >= 0.6 is 0 Å². The van der Waals surface area contributed by atoms with Gasteiger partial charge in [0.25, 0.3) is 0 Å². The fraction of sp³-hybridized carbons (Fsp3) is 0.308. The highest BCUT2D eigenvalue weighted by atomic mass is 19.1. The van der Waals surface area contributed by atoms with Gasteiger partial charge in [-0.2, -0.15) is 5.10 Å². The standard InChI is InChI=1S/C13H16FN3/c1-10(5-6-15)11-3-4-13(12(14)9-11)17-8-2-7-16-17/h2-4,7-10H,5-6,15H2,1H3. The molecule has 17 heavy (non-hydrogen) atoms. The fourth-order valence-corrected chi connectivity index (χ4v) is 1.84. The summed E-state index contributed by atoms with van der Waals surface area (Å²) in [5.74, 6) is 0.0243. The van der Waals surface area contributed by atoms with Crippen molar-refractivity contribution in [2.45, 2.75) is 19.3 Å². The molecular weight excluding hydrogens is 217 g/mol. The first-order valence-electron chi connectivity index (χ1n) is 5.72. The Morgan fingerprint density at radius 2 is 2.29 bits per heavy atom. The molecule has 0 aliphatic rings.